The topological polar surface area (TPSA) is 102 Å². The van der Waals surface area contributed by atoms with E-state index in [1.807, 2.05) is 11.9 Å². The highest BCUT2D eigenvalue weighted by Gasteiger charge is 2.36. The first-order valence-electron chi connectivity index (χ1n) is 11.8. The summed E-state index contributed by atoms with van der Waals surface area (Å²) in [6.07, 6.45) is 5.06. The van der Waals surface area contributed by atoms with Crippen LogP contribution in [0.25, 0.3) is 17.2 Å². The van der Waals surface area contributed by atoms with Crippen molar-refractivity contribution in [2.75, 3.05) is 25.2 Å². The molecule has 0 atom stereocenters. The quantitative estimate of drug-likeness (QED) is 0.401. The Morgan fingerprint density at radius 2 is 2.03 bits per heavy atom. The first-order chi connectivity index (χ1) is 17.3. The van der Waals surface area contributed by atoms with Crippen LogP contribution in [0.2, 0.25) is 0 Å². The third-order valence-corrected chi connectivity index (χ3v) is 6.30. The first kappa shape index (κ1) is 23.8. The molecule has 5 rings (SSSR count). The van der Waals surface area contributed by atoms with E-state index >= 15 is 0 Å². The minimum Gasteiger partial charge on any atom is -0.491 e. The molecular weight excluding hydrogens is 461 g/mol. The number of rotatable bonds is 8. The zero-order valence-electron chi connectivity index (χ0n) is 20.5. The van der Waals surface area contributed by atoms with Gasteiger partial charge in [0.05, 0.1) is 24.5 Å². The zero-order chi connectivity index (χ0) is 25.3. The molecule has 0 saturated heterocycles. The normalized spacial score (nSPS) is 14.0. The molecule has 9 nitrogen and oxygen atoms in total. The predicted molar refractivity (Wildman–Crippen MR) is 133 cm³/mol. The van der Waals surface area contributed by atoms with Crippen LogP contribution in [0.15, 0.2) is 48.9 Å². The number of benzene rings is 1. The molecule has 0 amide bonds. The van der Waals surface area contributed by atoms with Crippen LogP contribution in [0.4, 0.5) is 10.2 Å². The van der Waals surface area contributed by atoms with Gasteiger partial charge in [0.1, 0.15) is 36.0 Å². The molecule has 0 radical (unpaired) electrons. The highest BCUT2D eigenvalue weighted by atomic mass is 19.1. The van der Waals surface area contributed by atoms with Crippen molar-refractivity contribution in [3.05, 3.63) is 71.8 Å². The number of aryl methyl sites for hydroxylation is 1. The largest absolute Gasteiger partial charge is 0.491 e. The average molecular weight is 490 g/mol. The molecule has 4 aromatic rings. The molecule has 36 heavy (non-hydrogen) atoms. The molecule has 0 unspecified atom stereocenters. The molecule has 1 aromatic carbocycles. The van der Waals surface area contributed by atoms with E-state index in [9.17, 15) is 4.39 Å². The molecule has 0 spiro atoms. The van der Waals surface area contributed by atoms with Crippen molar-refractivity contribution >= 4 is 5.82 Å². The summed E-state index contributed by atoms with van der Waals surface area (Å²) in [4.78, 5) is 20.7. The number of fused-ring (bicyclic) bond motifs is 1. The van der Waals surface area contributed by atoms with Crippen LogP contribution in [-0.2, 0) is 18.4 Å². The van der Waals surface area contributed by atoms with Crippen molar-refractivity contribution in [2.24, 2.45) is 0 Å². The predicted octanol–water partition coefficient (Wildman–Crippen LogP) is 3.49. The number of halogens is 1. The number of hydrogen-bond donors (Lipinski definition) is 1. The van der Waals surface area contributed by atoms with Gasteiger partial charge in [-0.3, -0.25) is 4.98 Å². The van der Waals surface area contributed by atoms with Gasteiger partial charge in [0.25, 0.3) is 0 Å². The molecule has 3 heterocycles. The van der Waals surface area contributed by atoms with Gasteiger partial charge in [-0.25, -0.2) is 24.0 Å². The van der Waals surface area contributed by atoms with Crippen LogP contribution in [0.3, 0.4) is 0 Å². The standard InChI is InChI=1S/C26H28FN7O2/c1-26(2)9-7-20-23(26)25(31-24(30-20)21-14-19(8-10-28-21)36-12-11-35)33(3)15-22-29-16-34(32-22)18-6-4-5-17(27)13-18/h4-6,8,10,13-14,16,35H,7,9,11-12,15H2,1-3H3. The van der Waals surface area contributed by atoms with E-state index in [1.54, 1.807) is 41.5 Å². The van der Waals surface area contributed by atoms with Crippen molar-refractivity contribution in [1.29, 1.82) is 0 Å². The van der Waals surface area contributed by atoms with E-state index < -0.39 is 0 Å². The lowest BCUT2D eigenvalue weighted by atomic mass is 9.87. The number of aromatic nitrogens is 6. The summed E-state index contributed by atoms with van der Waals surface area (Å²) in [5.74, 6) is 2.18. The van der Waals surface area contributed by atoms with Gasteiger partial charge < -0.3 is 14.7 Å². The molecule has 3 aromatic heterocycles. The SMILES string of the molecule is CN(Cc1ncn(-c2cccc(F)c2)n1)c1nc(-c2cc(OCCO)ccn2)nc2c1C(C)(C)CC2. The Labute approximate surface area is 208 Å². The Morgan fingerprint density at radius 3 is 2.83 bits per heavy atom. The van der Waals surface area contributed by atoms with Crippen LogP contribution in [0, 0.1) is 5.82 Å². The number of aliphatic hydroxyl groups excluding tert-OH is 1. The average Bonchev–Trinajstić information content (AvgIpc) is 3.46. The molecule has 0 fully saturated rings. The van der Waals surface area contributed by atoms with Crippen molar-refractivity contribution in [1.82, 2.24) is 29.7 Å². The Balaban J connectivity index is 1.48. The van der Waals surface area contributed by atoms with Crippen LogP contribution in [0.5, 0.6) is 5.75 Å². The monoisotopic (exact) mass is 489 g/mol. The van der Waals surface area contributed by atoms with Gasteiger partial charge in [-0.2, -0.15) is 0 Å². The molecule has 1 N–H and O–H groups in total. The number of anilines is 1. The van der Waals surface area contributed by atoms with Crippen LogP contribution >= 0.6 is 0 Å². The summed E-state index contributed by atoms with van der Waals surface area (Å²) in [6, 6.07) is 9.76. The van der Waals surface area contributed by atoms with E-state index in [4.69, 9.17) is 19.8 Å². The van der Waals surface area contributed by atoms with E-state index in [1.165, 1.54) is 12.1 Å². The Bertz CT molecular complexity index is 1390. The zero-order valence-corrected chi connectivity index (χ0v) is 20.5. The fraction of sp³-hybridized carbons (Fsp3) is 0.346. The molecule has 0 bridgehead atoms. The number of aliphatic hydroxyl groups is 1. The molecule has 1 aliphatic rings. The summed E-state index contributed by atoms with van der Waals surface area (Å²) in [5.41, 5.74) is 3.25. The molecule has 10 heteroatoms. The summed E-state index contributed by atoms with van der Waals surface area (Å²) in [5, 5.41) is 13.6. The van der Waals surface area contributed by atoms with Crippen LogP contribution in [-0.4, -0.2) is 55.1 Å². The van der Waals surface area contributed by atoms with Crippen molar-refractivity contribution in [3.63, 3.8) is 0 Å². The number of nitrogens with zero attached hydrogens (tertiary/aromatic N) is 7. The lowest BCUT2D eigenvalue weighted by Gasteiger charge is -2.26. The van der Waals surface area contributed by atoms with Crippen LogP contribution < -0.4 is 9.64 Å². The van der Waals surface area contributed by atoms with E-state index in [-0.39, 0.29) is 24.4 Å². The Kier molecular flexibility index (Phi) is 6.36. The number of pyridine rings is 1. The third kappa shape index (κ3) is 4.76. The Morgan fingerprint density at radius 1 is 1.17 bits per heavy atom. The highest BCUT2D eigenvalue weighted by molar-refractivity contribution is 5.61. The van der Waals surface area contributed by atoms with Crippen molar-refractivity contribution in [3.8, 4) is 23.0 Å². The third-order valence-electron chi connectivity index (χ3n) is 6.30. The van der Waals surface area contributed by atoms with Gasteiger partial charge in [0.2, 0.25) is 0 Å². The number of hydrogen-bond acceptors (Lipinski definition) is 8. The summed E-state index contributed by atoms with van der Waals surface area (Å²) < 4.78 is 20.8. The van der Waals surface area contributed by atoms with Gasteiger partial charge >= 0.3 is 0 Å². The second kappa shape index (κ2) is 9.62. The van der Waals surface area contributed by atoms with Crippen molar-refractivity contribution in [2.45, 2.75) is 38.6 Å². The van der Waals surface area contributed by atoms with E-state index in [0.717, 1.165) is 29.9 Å². The minimum absolute atomic E-state index is 0.0694. The molecule has 186 valence electrons. The summed E-state index contributed by atoms with van der Waals surface area (Å²) in [7, 11) is 1.96. The highest BCUT2D eigenvalue weighted by Crippen LogP contribution is 2.43. The molecule has 1 aliphatic carbocycles. The molecule has 0 saturated carbocycles. The Hall–Kier alpha value is -3.92. The fourth-order valence-electron chi connectivity index (χ4n) is 4.50. The first-order valence-corrected chi connectivity index (χ1v) is 11.8. The maximum absolute atomic E-state index is 13.6. The van der Waals surface area contributed by atoms with Gasteiger partial charge in [-0.15, -0.1) is 5.10 Å². The molecule has 0 aliphatic heterocycles. The van der Waals surface area contributed by atoms with E-state index in [0.29, 0.717) is 35.3 Å². The maximum Gasteiger partial charge on any atom is 0.180 e. The second-order valence-corrected chi connectivity index (χ2v) is 9.47. The molecular formula is C26H28FN7O2. The summed E-state index contributed by atoms with van der Waals surface area (Å²) >= 11 is 0. The lowest BCUT2D eigenvalue weighted by molar-refractivity contribution is 0.201. The second-order valence-electron chi connectivity index (χ2n) is 9.47. The lowest BCUT2D eigenvalue weighted by Crippen LogP contribution is -2.25. The number of ether oxygens (including phenoxy) is 1. The maximum atomic E-state index is 13.6. The summed E-state index contributed by atoms with van der Waals surface area (Å²) in [6.45, 7) is 4.95. The van der Waals surface area contributed by atoms with Crippen molar-refractivity contribution < 1.29 is 14.2 Å². The van der Waals surface area contributed by atoms with Gasteiger partial charge in [0.15, 0.2) is 11.6 Å². The van der Waals surface area contributed by atoms with Crippen LogP contribution in [0.1, 0.15) is 37.4 Å². The van der Waals surface area contributed by atoms with Gasteiger partial charge in [-0.05, 0) is 42.5 Å². The fourth-order valence-corrected chi connectivity index (χ4v) is 4.50. The van der Waals surface area contributed by atoms with Gasteiger partial charge in [-0.1, -0.05) is 19.9 Å². The minimum atomic E-state index is -0.326. The van der Waals surface area contributed by atoms with E-state index in [2.05, 4.69) is 28.9 Å². The smallest absolute Gasteiger partial charge is 0.180 e. The van der Waals surface area contributed by atoms with Gasteiger partial charge in [0, 0.05) is 24.9 Å².